The van der Waals surface area contributed by atoms with E-state index >= 15 is 0 Å². The minimum absolute atomic E-state index is 1.17. The molecule has 0 radical (unpaired) electrons. The first kappa shape index (κ1) is 9.05. The van der Waals surface area contributed by atoms with E-state index in [4.69, 9.17) is 0 Å². The van der Waals surface area contributed by atoms with Gasteiger partial charge >= 0.3 is 0 Å². The fourth-order valence-electron chi connectivity index (χ4n) is 0.509. The standard InChI is InChI=1S/C7H15NS/c1-7(2)5-4-6-9-8-3/h5,8H,4,6H2,1-3H3. The molecule has 0 fully saturated rings. The molecule has 0 aromatic carbocycles. The highest BCUT2D eigenvalue weighted by atomic mass is 32.2. The number of hydrogen-bond donors (Lipinski definition) is 1. The zero-order valence-corrected chi connectivity index (χ0v) is 7.22. The van der Waals surface area contributed by atoms with Crippen molar-refractivity contribution in [2.24, 2.45) is 0 Å². The summed E-state index contributed by atoms with van der Waals surface area (Å²) in [5, 5.41) is 0. The van der Waals surface area contributed by atoms with Crippen LogP contribution in [0.1, 0.15) is 20.3 Å². The lowest BCUT2D eigenvalue weighted by atomic mass is 10.3. The van der Waals surface area contributed by atoms with Crippen molar-refractivity contribution >= 4 is 11.9 Å². The SMILES string of the molecule is CNSCCC=C(C)C. The van der Waals surface area contributed by atoms with Gasteiger partial charge in [0.25, 0.3) is 0 Å². The molecule has 0 aromatic heterocycles. The van der Waals surface area contributed by atoms with Crippen LogP contribution < -0.4 is 4.72 Å². The van der Waals surface area contributed by atoms with Crippen molar-refractivity contribution in [3.05, 3.63) is 11.6 Å². The molecule has 1 nitrogen and oxygen atoms in total. The van der Waals surface area contributed by atoms with Crippen LogP contribution in [0.5, 0.6) is 0 Å². The third kappa shape index (κ3) is 8.05. The van der Waals surface area contributed by atoms with Gasteiger partial charge in [-0.05, 0) is 27.3 Å². The molecule has 2 heteroatoms. The maximum atomic E-state index is 3.03. The van der Waals surface area contributed by atoms with E-state index in [1.807, 2.05) is 7.05 Å². The van der Waals surface area contributed by atoms with Gasteiger partial charge in [0, 0.05) is 5.75 Å². The summed E-state index contributed by atoms with van der Waals surface area (Å²) in [7, 11) is 1.95. The molecular weight excluding hydrogens is 130 g/mol. The first-order chi connectivity index (χ1) is 4.27. The Balaban J connectivity index is 3.00. The average Bonchev–Trinajstić information content (AvgIpc) is 1.80. The second kappa shape index (κ2) is 6.17. The van der Waals surface area contributed by atoms with Crippen LogP contribution in [0.15, 0.2) is 11.6 Å². The number of hydrogen-bond acceptors (Lipinski definition) is 2. The van der Waals surface area contributed by atoms with Crippen molar-refractivity contribution in [3.8, 4) is 0 Å². The van der Waals surface area contributed by atoms with Gasteiger partial charge in [0.2, 0.25) is 0 Å². The summed E-state index contributed by atoms with van der Waals surface area (Å²) >= 11 is 1.76. The molecule has 0 amide bonds. The van der Waals surface area contributed by atoms with Crippen LogP contribution in [0, 0.1) is 0 Å². The van der Waals surface area contributed by atoms with E-state index in [-0.39, 0.29) is 0 Å². The third-order valence-electron chi connectivity index (χ3n) is 0.917. The molecule has 9 heavy (non-hydrogen) atoms. The highest BCUT2D eigenvalue weighted by Crippen LogP contribution is 1.98. The summed E-state index contributed by atoms with van der Waals surface area (Å²) in [5.74, 6) is 1.17. The topological polar surface area (TPSA) is 12.0 Å². The predicted octanol–water partition coefficient (Wildman–Crippen LogP) is 2.21. The van der Waals surface area contributed by atoms with E-state index in [0.717, 1.165) is 0 Å². The maximum absolute atomic E-state index is 3.03. The van der Waals surface area contributed by atoms with E-state index < -0.39 is 0 Å². The number of allylic oxidation sites excluding steroid dienone is 2. The van der Waals surface area contributed by atoms with Gasteiger partial charge in [-0.1, -0.05) is 23.6 Å². The Morgan fingerprint density at radius 2 is 2.22 bits per heavy atom. The van der Waals surface area contributed by atoms with Gasteiger partial charge in [-0.25, -0.2) is 0 Å². The molecule has 0 aromatic rings. The van der Waals surface area contributed by atoms with Crippen LogP contribution >= 0.6 is 11.9 Å². The van der Waals surface area contributed by atoms with Crippen LogP contribution in [0.3, 0.4) is 0 Å². The van der Waals surface area contributed by atoms with Crippen LogP contribution in [-0.2, 0) is 0 Å². The van der Waals surface area contributed by atoms with E-state index in [0.29, 0.717) is 0 Å². The lowest BCUT2D eigenvalue weighted by Gasteiger charge is -1.93. The first-order valence-corrected chi connectivity index (χ1v) is 4.18. The number of rotatable bonds is 4. The Kier molecular flexibility index (Phi) is 6.21. The normalized spacial score (nSPS) is 9.22. The molecule has 0 aliphatic carbocycles. The highest BCUT2D eigenvalue weighted by Gasteiger charge is 1.81. The lowest BCUT2D eigenvalue weighted by molar-refractivity contribution is 1.17. The van der Waals surface area contributed by atoms with Gasteiger partial charge in [-0.15, -0.1) is 0 Å². The molecule has 0 rings (SSSR count). The van der Waals surface area contributed by atoms with Crippen LogP contribution in [0.4, 0.5) is 0 Å². The molecule has 0 aliphatic heterocycles. The Labute approximate surface area is 62.0 Å². The Hall–Kier alpha value is 0.0500. The quantitative estimate of drug-likeness (QED) is 0.370. The van der Waals surface area contributed by atoms with Crippen molar-refractivity contribution in [3.63, 3.8) is 0 Å². The highest BCUT2D eigenvalue weighted by molar-refractivity contribution is 7.97. The van der Waals surface area contributed by atoms with Crippen molar-refractivity contribution in [1.29, 1.82) is 0 Å². The molecule has 0 unspecified atom stereocenters. The summed E-state index contributed by atoms with van der Waals surface area (Å²) in [4.78, 5) is 0. The molecule has 0 spiro atoms. The zero-order chi connectivity index (χ0) is 7.11. The van der Waals surface area contributed by atoms with E-state index in [9.17, 15) is 0 Å². The number of nitrogens with one attached hydrogen (secondary N) is 1. The van der Waals surface area contributed by atoms with Crippen LogP contribution in [0.25, 0.3) is 0 Å². The van der Waals surface area contributed by atoms with Gasteiger partial charge in [0.1, 0.15) is 0 Å². The van der Waals surface area contributed by atoms with Gasteiger partial charge < -0.3 is 0 Å². The lowest BCUT2D eigenvalue weighted by Crippen LogP contribution is -1.92. The van der Waals surface area contributed by atoms with E-state index in [2.05, 4.69) is 24.6 Å². The van der Waals surface area contributed by atoms with Crippen molar-refractivity contribution < 1.29 is 0 Å². The smallest absolute Gasteiger partial charge is 0.0113 e. The first-order valence-electron chi connectivity index (χ1n) is 3.19. The summed E-state index contributed by atoms with van der Waals surface area (Å²) < 4.78 is 3.03. The molecule has 0 heterocycles. The van der Waals surface area contributed by atoms with Crippen molar-refractivity contribution in [2.45, 2.75) is 20.3 Å². The molecule has 54 valence electrons. The van der Waals surface area contributed by atoms with Crippen LogP contribution in [-0.4, -0.2) is 12.8 Å². The molecule has 0 atom stereocenters. The predicted molar refractivity (Wildman–Crippen MR) is 45.6 cm³/mol. The molecule has 1 N–H and O–H groups in total. The van der Waals surface area contributed by atoms with Gasteiger partial charge in [0.15, 0.2) is 0 Å². The van der Waals surface area contributed by atoms with Crippen LogP contribution in [0.2, 0.25) is 0 Å². The van der Waals surface area contributed by atoms with Gasteiger partial charge in [0.05, 0.1) is 0 Å². The van der Waals surface area contributed by atoms with E-state index in [1.54, 1.807) is 11.9 Å². The minimum Gasteiger partial charge on any atom is -0.267 e. The van der Waals surface area contributed by atoms with E-state index in [1.165, 1.54) is 17.7 Å². The molecule has 0 saturated carbocycles. The largest absolute Gasteiger partial charge is 0.267 e. The Morgan fingerprint density at radius 3 is 2.67 bits per heavy atom. The average molecular weight is 145 g/mol. The fraction of sp³-hybridized carbons (Fsp3) is 0.714. The molecular formula is C7H15NS. The van der Waals surface area contributed by atoms with Crippen molar-refractivity contribution in [2.75, 3.05) is 12.8 Å². The second-order valence-electron chi connectivity index (χ2n) is 2.12. The molecule has 0 saturated heterocycles. The summed E-state index contributed by atoms with van der Waals surface area (Å²) in [5.41, 5.74) is 1.41. The summed E-state index contributed by atoms with van der Waals surface area (Å²) in [6, 6.07) is 0. The summed E-state index contributed by atoms with van der Waals surface area (Å²) in [6.07, 6.45) is 3.43. The minimum atomic E-state index is 1.17. The van der Waals surface area contributed by atoms with Crippen molar-refractivity contribution in [1.82, 2.24) is 4.72 Å². The Bertz CT molecular complexity index is 84.9. The fourth-order valence-corrected chi connectivity index (χ4v) is 0.948. The third-order valence-corrected chi connectivity index (χ3v) is 1.65. The molecule has 0 bridgehead atoms. The maximum Gasteiger partial charge on any atom is 0.0113 e. The second-order valence-corrected chi connectivity index (χ2v) is 3.23. The Morgan fingerprint density at radius 1 is 1.56 bits per heavy atom. The molecule has 0 aliphatic rings. The monoisotopic (exact) mass is 145 g/mol. The zero-order valence-electron chi connectivity index (χ0n) is 6.40. The van der Waals surface area contributed by atoms with Gasteiger partial charge in [-0.3, -0.25) is 4.72 Å². The summed E-state index contributed by atoms with van der Waals surface area (Å²) in [6.45, 7) is 4.26. The van der Waals surface area contributed by atoms with Gasteiger partial charge in [-0.2, -0.15) is 0 Å².